The molecule has 0 bridgehead atoms. The molecular weight excluding hydrogens is 241 g/mol. The van der Waals surface area contributed by atoms with E-state index in [0.29, 0.717) is 17.2 Å². The number of hydrogen-bond acceptors (Lipinski definition) is 2. The Kier molecular flexibility index (Phi) is 4.02. The Bertz CT molecular complexity index is 433. The maximum absolute atomic E-state index is 13.8. The third-order valence-corrected chi connectivity index (χ3v) is 2.93. The Morgan fingerprint density at radius 1 is 1.53 bits per heavy atom. The third-order valence-electron chi connectivity index (χ3n) is 2.69. The summed E-state index contributed by atoms with van der Waals surface area (Å²) in [4.78, 5) is 0. The predicted octanol–water partition coefficient (Wildman–Crippen LogP) is 3.43. The zero-order valence-electron chi connectivity index (χ0n) is 9.67. The first-order chi connectivity index (χ1) is 8.22. The van der Waals surface area contributed by atoms with Crippen molar-refractivity contribution < 1.29 is 9.13 Å². The van der Waals surface area contributed by atoms with Crippen LogP contribution in [0.3, 0.4) is 0 Å². The van der Waals surface area contributed by atoms with Gasteiger partial charge in [0.1, 0.15) is 11.6 Å². The number of halogens is 2. The van der Waals surface area contributed by atoms with Crippen LogP contribution in [-0.2, 0) is 4.74 Å². The zero-order valence-corrected chi connectivity index (χ0v) is 10.4. The van der Waals surface area contributed by atoms with Crippen LogP contribution in [-0.4, -0.2) is 13.2 Å². The summed E-state index contributed by atoms with van der Waals surface area (Å²) in [6, 6.07) is 4.33. The molecule has 0 amide bonds. The van der Waals surface area contributed by atoms with E-state index in [9.17, 15) is 4.39 Å². The lowest BCUT2D eigenvalue weighted by Gasteiger charge is -2.20. The Balaban J connectivity index is 2.34. The minimum absolute atomic E-state index is 0.249. The molecule has 0 saturated heterocycles. The van der Waals surface area contributed by atoms with Gasteiger partial charge in [0.15, 0.2) is 0 Å². The maximum Gasteiger partial charge on any atom is 0.128 e. The average Bonchev–Trinajstić information content (AvgIpc) is 2.83. The lowest BCUT2D eigenvalue weighted by molar-refractivity contribution is 0.215. The van der Waals surface area contributed by atoms with Gasteiger partial charge in [-0.05, 0) is 30.8 Å². The molecule has 0 radical (unpaired) electrons. The van der Waals surface area contributed by atoms with Crippen LogP contribution < -0.4 is 5.32 Å². The van der Waals surface area contributed by atoms with Crippen LogP contribution in [0.1, 0.15) is 24.9 Å². The fraction of sp³-hybridized carbons (Fsp3) is 0.385. The van der Waals surface area contributed by atoms with Gasteiger partial charge in [-0.25, -0.2) is 4.39 Å². The van der Waals surface area contributed by atoms with Gasteiger partial charge in [0, 0.05) is 17.0 Å². The minimum atomic E-state index is -0.267. The number of ether oxygens (including phenoxy) is 1. The van der Waals surface area contributed by atoms with Crippen molar-refractivity contribution >= 4 is 11.6 Å². The van der Waals surface area contributed by atoms with Crippen molar-refractivity contribution in [2.75, 3.05) is 13.2 Å². The van der Waals surface area contributed by atoms with Gasteiger partial charge in [-0.3, -0.25) is 0 Å². The van der Waals surface area contributed by atoms with Gasteiger partial charge in [0.25, 0.3) is 0 Å². The van der Waals surface area contributed by atoms with E-state index < -0.39 is 0 Å². The molecule has 2 nitrogen and oxygen atoms in total. The SMILES string of the molecule is CCNC(C1=CCCO1)c1cc(Cl)ccc1F. The fourth-order valence-corrected chi connectivity index (χ4v) is 2.12. The molecule has 1 N–H and O–H groups in total. The smallest absolute Gasteiger partial charge is 0.128 e. The van der Waals surface area contributed by atoms with Crippen molar-refractivity contribution in [2.24, 2.45) is 0 Å². The van der Waals surface area contributed by atoms with Crippen molar-refractivity contribution in [2.45, 2.75) is 19.4 Å². The third kappa shape index (κ3) is 2.79. The second kappa shape index (κ2) is 5.52. The number of nitrogens with one attached hydrogen (secondary N) is 1. The number of benzene rings is 1. The van der Waals surface area contributed by atoms with E-state index in [4.69, 9.17) is 16.3 Å². The van der Waals surface area contributed by atoms with Gasteiger partial charge in [-0.2, -0.15) is 0 Å². The van der Waals surface area contributed by atoms with Crippen molar-refractivity contribution in [3.05, 3.63) is 46.4 Å². The Morgan fingerprint density at radius 2 is 2.35 bits per heavy atom. The largest absolute Gasteiger partial charge is 0.496 e. The molecule has 2 rings (SSSR count). The Labute approximate surface area is 105 Å². The van der Waals surface area contributed by atoms with Crippen molar-refractivity contribution in [1.29, 1.82) is 0 Å². The van der Waals surface area contributed by atoms with Gasteiger partial charge >= 0.3 is 0 Å². The summed E-state index contributed by atoms with van der Waals surface area (Å²) >= 11 is 5.91. The van der Waals surface area contributed by atoms with E-state index in [-0.39, 0.29) is 11.9 Å². The normalized spacial score (nSPS) is 16.5. The van der Waals surface area contributed by atoms with Crippen LogP contribution in [0.4, 0.5) is 4.39 Å². The molecule has 1 heterocycles. The van der Waals surface area contributed by atoms with E-state index in [2.05, 4.69) is 5.32 Å². The first kappa shape index (κ1) is 12.4. The highest BCUT2D eigenvalue weighted by Gasteiger charge is 2.22. The van der Waals surface area contributed by atoms with Crippen molar-refractivity contribution in [3.8, 4) is 0 Å². The van der Waals surface area contributed by atoms with E-state index in [1.807, 2.05) is 13.0 Å². The quantitative estimate of drug-likeness (QED) is 0.890. The molecule has 92 valence electrons. The molecule has 1 aliphatic heterocycles. The maximum atomic E-state index is 13.8. The molecule has 17 heavy (non-hydrogen) atoms. The molecule has 1 aromatic rings. The van der Waals surface area contributed by atoms with Crippen LogP contribution in [0.2, 0.25) is 5.02 Å². The lowest BCUT2D eigenvalue weighted by Crippen LogP contribution is -2.24. The molecule has 0 aliphatic carbocycles. The van der Waals surface area contributed by atoms with E-state index >= 15 is 0 Å². The Hall–Kier alpha value is -1.06. The first-order valence-corrected chi connectivity index (χ1v) is 6.11. The monoisotopic (exact) mass is 255 g/mol. The second-order valence-electron chi connectivity index (χ2n) is 3.90. The molecule has 0 spiro atoms. The molecule has 0 aromatic heterocycles. The topological polar surface area (TPSA) is 21.3 Å². The van der Waals surface area contributed by atoms with Gasteiger partial charge < -0.3 is 10.1 Å². The predicted molar refractivity (Wildman–Crippen MR) is 66.5 cm³/mol. The summed E-state index contributed by atoms with van der Waals surface area (Å²) in [7, 11) is 0. The number of rotatable bonds is 4. The van der Waals surface area contributed by atoms with E-state index in [0.717, 1.165) is 18.7 Å². The first-order valence-electron chi connectivity index (χ1n) is 5.73. The molecular formula is C13H15ClFNO. The van der Waals surface area contributed by atoms with Gasteiger partial charge in [0.05, 0.1) is 12.6 Å². The summed E-state index contributed by atoms with van der Waals surface area (Å²) in [5.41, 5.74) is 0.535. The summed E-state index contributed by atoms with van der Waals surface area (Å²) in [6.45, 7) is 3.38. The van der Waals surface area contributed by atoms with Crippen LogP contribution >= 0.6 is 11.6 Å². The molecule has 1 aromatic carbocycles. The van der Waals surface area contributed by atoms with E-state index in [1.165, 1.54) is 6.07 Å². The number of hydrogen-bond donors (Lipinski definition) is 1. The molecule has 0 fully saturated rings. The zero-order chi connectivity index (χ0) is 12.3. The summed E-state index contributed by atoms with van der Waals surface area (Å²) in [5, 5.41) is 3.75. The molecule has 1 aliphatic rings. The summed E-state index contributed by atoms with van der Waals surface area (Å²) in [6.07, 6.45) is 2.87. The highest BCUT2D eigenvalue weighted by Crippen LogP contribution is 2.29. The minimum Gasteiger partial charge on any atom is -0.496 e. The molecule has 1 atom stereocenters. The Morgan fingerprint density at radius 3 is 3.00 bits per heavy atom. The van der Waals surface area contributed by atoms with Crippen LogP contribution in [0, 0.1) is 5.82 Å². The van der Waals surface area contributed by atoms with Crippen molar-refractivity contribution in [3.63, 3.8) is 0 Å². The van der Waals surface area contributed by atoms with Crippen molar-refractivity contribution in [1.82, 2.24) is 5.32 Å². The van der Waals surface area contributed by atoms with Gasteiger partial charge in [-0.1, -0.05) is 18.5 Å². The van der Waals surface area contributed by atoms with Crippen LogP contribution in [0.15, 0.2) is 30.0 Å². The molecule has 0 saturated carbocycles. The standard InChI is InChI=1S/C13H15ClFNO/c1-2-16-13(12-4-3-7-17-12)10-8-9(14)5-6-11(10)15/h4-6,8,13,16H,2-3,7H2,1H3. The van der Waals surface area contributed by atoms with E-state index in [1.54, 1.807) is 12.1 Å². The number of likely N-dealkylation sites (N-methyl/N-ethyl adjacent to an activating group) is 1. The molecule has 4 heteroatoms. The van der Waals surface area contributed by atoms with Gasteiger partial charge in [-0.15, -0.1) is 0 Å². The fourth-order valence-electron chi connectivity index (χ4n) is 1.94. The van der Waals surface area contributed by atoms with Gasteiger partial charge in [0.2, 0.25) is 0 Å². The average molecular weight is 256 g/mol. The highest BCUT2D eigenvalue weighted by molar-refractivity contribution is 6.30. The summed E-state index contributed by atoms with van der Waals surface area (Å²) < 4.78 is 19.3. The second-order valence-corrected chi connectivity index (χ2v) is 4.34. The lowest BCUT2D eigenvalue weighted by atomic mass is 10.0. The van der Waals surface area contributed by atoms with Crippen LogP contribution in [0.5, 0.6) is 0 Å². The molecule has 1 unspecified atom stereocenters. The highest BCUT2D eigenvalue weighted by atomic mass is 35.5. The van der Waals surface area contributed by atoms with Crippen LogP contribution in [0.25, 0.3) is 0 Å². The summed E-state index contributed by atoms with van der Waals surface area (Å²) in [5.74, 6) is 0.518.